The van der Waals surface area contributed by atoms with Crippen LogP contribution in [0.15, 0.2) is 59.3 Å². The van der Waals surface area contributed by atoms with Gasteiger partial charge in [0, 0.05) is 17.2 Å². The van der Waals surface area contributed by atoms with Crippen LogP contribution >= 0.6 is 0 Å². The highest BCUT2D eigenvalue weighted by atomic mass is 19.4. The molecule has 1 aromatic carbocycles. The molecule has 10 heteroatoms. The first-order valence-electron chi connectivity index (χ1n) is 8.79. The lowest BCUT2D eigenvalue weighted by molar-refractivity contribution is -0.175. The third kappa shape index (κ3) is 3.04. The average molecular weight is 424 g/mol. The second kappa shape index (κ2) is 7.21. The number of primary amides is 1. The van der Waals surface area contributed by atoms with Gasteiger partial charge in [0.15, 0.2) is 5.69 Å². The van der Waals surface area contributed by atoms with Crippen molar-refractivity contribution in [2.45, 2.75) is 24.9 Å². The van der Waals surface area contributed by atoms with Crippen LogP contribution < -0.4 is 10.3 Å². The molecule has 1 aromatic rings. The van der Waals surface area contributed by atoms with Gasteiger partial charge in [0.1, 0.15) is 18.2 Å². The molecule has 158 valence electrons. The summed E-state index contributed by atoms with van der Waals surface area (Å²) in [6, 6.07) is 3.69. The van der Waals surface area contributed by atoms with Crippen LogP contribution in [0.1, 0.15) is 29.3 Å². The highest BCUT2D eigenvalue weighted by Gasteiger charge is 2.59. The zero-order valence-electron chi connectivity index (χ0n) is 16.0. The van der Waals surface area contributed by atoms with Crippen molar-refractivity contribution in [1.29, 1.82) is 0 Å². The number of rotatable bonds is 5. The Bertz CT molecular complexity index is 1040. The molecule has 30 heavy (non-hydrogen) atoms. The molecule has 0 spiro atoms. The zero-order chi connectivity index (χ0) is 22.3. The minimum Gasteiger partial charge on any atom is -0.417 e. The first-order chi connectivity index (χ1) is 14.0. The smallest absolute Gasteiger partial charge is 0.402 e. The molecule has 1 aliphatic heterocycles. The molecule has 2 unspecified atom stereocenters. The number of benzene rings is 1. The van der Waals surface area contributed by atoms with Gasteiger partial charge in [-0.3, -0.25) is 9.59 Å². The van der Waals surface area contributed by atoms with Crippen molar-refractivity contribution in [3.63, 3.8) is 0 Å². The fourth-order valence-corrected chi connectivity index (χ4v) is 3.81. The number of carbonyl (C=O) groups excluding carboxylic acids is 2. The summed E-state index contributed by atoms with van der Waals surface area (Å²) in [5, 5.41) is 4.10. The number of allylic oxidation sites excluding steroid dienone is 5. The lowest BCUT2D eigenvalue weighted by Crippen LogP contribution is -2.46. The Labute approximate surface area is 169 Å². The number of quaternary nitrogens is 1. The van der Waals surface area contributed by atoms with E-state index in [-0.39, 0.29) is 17.9 Å². The van der Waals surface area contributed by atoms with Gasteiger partial charge in [0.05, 0.1) is 0 Å². The maximum Gasteiger partial charge on any atom is 0.402 e. The normalized spacial score (nSPS) is 26.0. The molecule has 2 atom stereocenters. The van der Waals surface area contributed by atoms with E-state index in [0.29, 0.717) is 0 Å². The molecule has 0 aromatic heterocycles. The van der Waals surface area contributed by atoms with Crippen LogP contribution in [0.4, 0.5) is 23.2 Å². The van der Waals surface area contributed by atoms with E-state index in [9.17, 15) is 22.8 Å². The Morgan fingerprint density at radius 2 is 2.03 bits per heavy atom. The van der Waals surface area contributed by atoms with Crippen LogP contribution in [0.5, 0.6) is 0 Å². The molecule has 0 bridgehead atoms. The molecule has 6 nitrogen and oxygen atoms in total. The molecule has 0 radical (unpaired) electrons. The predicted octanol–water partition coefficient (Wildman–Crippen LogP) is 3.74. The fraction of sp³-hybridized carbons (Fsp3) is 0.250. The molecule has 0 fully saturated rings. The van der Waals surface area contributed by atoms with Gasteiger partial charge in [-0.25, -0.2) is 0 Å². The van der Waals surface area contributed by atoms with Crippen molar-refractivity contribution in [3.8, 4) is 0 Å². The second-order valence-electron chi connectivity index (χ2n) is 7.00. The maximum atomic E-state index is 15.3. The lowest BCUT2D eigenvalue weighted by Gasteiger charge is -2.37. The van der Waals surface area contributed by atoms with Gasteiger partial charge in [-0.05, 0) is 19.4 Å². The second-order valence-corrected chi connectivity index (χ2v) is 7.00. The van der Waals surface area contributed by atoms with E-state index in [4.69, 9.17) is 5.73 Å². The minimum atomic E-state index is -4.84. The van der Waals surface area contributed by atoms with Gasteiger partial charge in [0.25, 0.3) is 12.2 Å². The summed E-state index contributed by atoms with van der Waals surface area (Å²) in [5.74, 6) is -2.70. The molecule has 2 aliphatic rings. The molecular weight excluding hydrogens is 406 g/mol. The Kier molecular flexibility index (Phi) is 5.15. The van der Waals surface area contributed by atoms with E-state index in [0.717, 1.165) is 12.1 Å². The first-order valence-corrected chi connectivity index (χ1v) is 8.79. The number of halogens is 4. The Morgan fingerprint density at radius 3 is 2.57 bits per heavy atom. The van der Waals surface area contributed by atoms with Crippen molar-refractivity contribution in [2.24, 2.45) is 10.8 Å². The Balaban J connectivity index is 2.41. The monoisotopic (exact) mass is 424 g/mol. The summed E-state index contributed by atoms with van der Waals surface area (Å²) >= 11 is 0. The highest BCUT2D eigenvalue weighted by molar-refractivity contribution is 6.01. The van der Waals surface area contributed by atoms with Crippen LogP contribution in [-0.2, 0) is 14.9 Å². The number of hydrogen-bond acceptors (Lipinski definition) is 4. The molecule has 2 N–H and O–H groups in total. The number of carbonyl (C=O) groups is 2. The number of alkyl halides is 3. The van der Waals surface area contributed by atoms with Crippen LogP contribution in [0, 0.1) is 0 Å². The fourth-order valence-electron chi connectivity index (χ4n) is 3.81. The van der Waals surface area contributed by atoms with Crippen LogP contribution in [0.3, 0.4) is 0 Å². The number of nitrogens with two attached hydrogens (primary N) is 1. The molecule has 1 heterocycles. The van der Waals surface area contributed by atoms with E-state index >= 15 is 4.39 Å². The van der Waals surface area contributed by atoms with E-state index in [1.54, 1.807) is 0 Å². The van der Waals surface area contributed by atoms with E-state index < -0.39 is 51.3 Å². The summed E-state index contributed by atoms with van der Waals surface area (Å²) in [6.07, 6.45) is -0.474. The van der Waals surface area contributed by atoms with Crippen molar-refractivity contribution in [3.05, 3.63) is 65.3 Å². The quantitative estimate of drug-likeness (QED) is 0.338. The highest BCUT2D eigenvalue weighted by Crippen LogP contribution is 2.53. The predicted molar refractivity (Wildman–Crippen MR) is 102 cm³/mol. The Hall–Kier alpha value is -3.27. The number of amides is 1. The number of hydrogen-bond donors (Lipinski definition) is 1. The molecule has 1 amide bonds. The average Bonchev–Trinajstić information content (AvgIpc) is 2.91. The van der Waals surface area contributed by atoms with Crippen molar-refractivity contribution >= 4 is 23.8 Å². The minimum absolute atomic E-state index is 0.00376. The van der Waals surface area contributed by atoms with E-state index in [1.165, 1.54) is 44.3 Å². The molecule has 0 saturated heterocycles. The van der Waals surface area contributed by atoms with Crippen LogP contribution in [0.25, 0.3) is 0 Å². The third-order valence-corrected chi connectivity index (χ3v) is 5.21. The summed E-state index contributed by atoms with van der Waals surface area (Å²) in [5.41, 5.74) is 1.56. The van der Waals surface area contributed by atoms with Gasteiger partial charge in [-0.2, -0.15) is 13.2 Å². The summed E-state index contributed by atoms with van der Waals surface area (Å²) < 4.78 is 62.1. The maximum absolute atomic E-state index is 15.3. The van der Waals surface area contributed by atoms with Gasteiger partial charge < -0.3 is 10.5 Å². The van der Waals surface area contributed by atoms with Crippen molar-refractivity contribution in [1.82, 2.24) is 4.59 Å². The lowest BCUT2D eigenvalue weighted by atomic mass is 9.71. The van der Waals surface area contributed by atoms with Gasteiger partial charge in [0.2, 0.25) is 5.91 Å². The largest absolute Gasteiger partial charge is 0.417 e. The van der Waals surface area contributed by atoms with E-state index in [2.05, 4.69) is 9.84 Å². The number of ether oxygens (including phenoxy) is 1. The summed E-state index contributed by atoms with van der Waals surface area (Å²) in [6.45, 7) is 1.35. The molecule has 3 rings (SSSR count). The summed E-state index contributed by atoms with van der Waals surface area (Å²) in [7, 11) is 1.19. The zero-order valence-corrected chi connectivity index (χ0v) is 16.0. The van der Waals surface area contributed by atoms with Gasteiger partial charge in [-0.15, -0.1) is 8.98 Å². The molecule has 1 aliphatic carbocycles. The standard InChI is InChI=1S/C20H17F4N3O3/c1-12-16(30-11-28)17(21)27(2,26-12)14-8-6-7-13(18(25)29)15(14)19(20(22,23)24)9-4-3-5-10-19/h3-9,11H,10H2,1-2H3,(H-,25,29)/p+1. The third-order valence-electron chi connectivity index (χ3n) is 5.21. The molecule has 0 saturated carbocycles. The topological polar surface area (TPSA) is 81.8 Å². The van der Waals surface area contributed by atoms with Crippen LogP contribution in [0.2, 0.25) is 0 Å². The SMILES string of the molecule is CC1=N[N+](C)(c2cccc(C(N)=O)c2C2(C(F)(F)F)C=CC=CC2)C(F)=C1OC=O. The van der Waals surface area contributed by atoms with Gasteiger partial charge >= 0.3 is 12.1 Å². The van der Waals surface area contributed by atoms with Gasteiger partial charge in [-0.1, -0.05) is 35.5 Å². The Morgan fingerprint density at radius 1 is 1.33 bits per heavy atom. The van der Waals surface area contributed by atoms with Crippen molar-refractivity contribution in [2.75, 3.05) is 7.05 Å². The van der Waals surface area contributed by atoms with E-state index in [1.807, 2.05) is 0 Å². The number of nitrogens with zero attached hydrogens (tertiary/aromatic N) is 2. The summed E-state index contributed by atoms with van der Waals surface area (Å²) in [4.78, 5) is 22.8. The van der Waals surface area contributed by atoms with Crippen LogP contribution in [-0.4, -0.2) is 31.3 Å². The van der Waals surface area contributed by atoms with Crippen molar-refractivity contribution < 1.29 is 31.9 Å². The molecular formula is C20H18F4N3O3+. The first kappa shape index (κ1) is 21.4.